The van der Waals surface area contributed by atoms with Crippen molar-refractivity contribution in [2.75, 3.05) is 18.4 Å². The fourth-order valence-electron chi connectivity index (χ4n) is 3.25. The van der Waals surface area contributed by atoms with Gasteiger partial charge in [0.05, 0.1) is 4.90 Å². The van der Waals surface area contributed by atoms with Crippen LogP contribution in [0.25, 0.3) is 0 Å². The van der Waals surface area contributed by atoms with Gasteiger partial charge in [-0.1, -0.05) is 19.9 Å². The van der Waals surface area contributed by atoms with E-state index in [1.165, 1.54) is 16.4 Å². The quantitative estimate of drug-likeness (QED) is 0.550. The smallest absolute Gasteiger partial charge is 0.257 e. The minimum Gasteiger partial charge on any atom is -0.305 e. The highest BCUT2D eigenvalue weighted by atomic mass is 32.2. The molecular weight excluding hydrogens is 414 g/mol. The first-order valence-corrected chi connectivity index (χ1v) is 11.6. The zero-order chi connectivity index (χ0) is 22.4. The molecule has 0 saturated heterocycles. The number of sulfonamides is 1. The predicted molar refractivity (Wildman–Crippen MR) is 119 cm³/mol. The Morgan fingerprint density at radius 2 is 1.81 bits per heavy atom. The molecule has 0 saturated carbocycles. The number of carbonyl (C=O) groups is 1. The van der Waals surface area contributed by atoms with Crippen molar-refractivity contribution in [2.45, 2.75) is 38.6 Å². The van der Waals surface area contributed by atoms with Gasteiger partial charge in [-0.3, -0.25) is 14.5 Å². The highest BCUT2D eigenvalue weighted by molar-refractivity contribution is 7.89. The van der Waals surface area contributed by atoms with E-state index in [4.69, 9.17) is 0 Å². The Balaban J connectivity index is 1.73. The van der Waals surface area contributed by atoms with E-state index < -0.39 is 15.9 Å². The fourth-order valence-corrected chi connectivity index (χ4v) is 4.73. The Bertz CT molecular complexity index is 1140. The summed E-state index contributed by atoms with van der Waals surface area (Å²) in [6.45, 7) is 6.74. The third-order valence-electron chi connectivity index (χ3n) is 5.06. The topological polar surface area (TPSA) is 97.2 Å². The summed E-state index contributed by atoms with van der Waals surface area (Å²) < 4.78 is 28.7. The molecule has 2 aromatic heterocycles. The third kappa shape index (κ3) is 5.36. The molecule has 0 unspecified atom stereocenters. The van der Waals surface area contributed by atoms with E-state index in [0.717, 1.165) is 12.0 Å². The molecule has 0 radical (unpaired) electrons. The number of hydrogen-bond acceptors (Lipinski definition) is 5. The SMILES string of the molecule is CCN(CC)S(=O)(=O)c1ccc(C)c(C(=O)Nc2ccn(CCc3ccncc3)n2)c1. The van der Waals surface area contributed by atoms with E-state index >= 15 is 0 Å². The van der Waals surface area contributed by atoms with Gasteiger partial charge in [-0.2, -0.15) is 9.40 Å². The number of carbonyl (C=O) groups excluding carboxylic acids is 1. The summed E-state index contributed by atoms with van der Waals surface area (Å²) in [5.74, 6) is 0.0182. The van der Waals surface area contributed by atoms with Crippen LogP contribution in [0.2, 0.25) is 0 Å². The van der Waals surface area contributed by atoms with Crippen molar-refractivity contribution in [2.24, 2.45) is 0 Å². The van der Waals surface area contributed by atoms with Crippen LogP contribution in [0.3, 0.4) is 0 Å². The van der Waals surface area contributed by atoms with Crippen molar-refractivity contribution in [3.8, 4) is 0 Å². The van der Waals surface area contributed by atoms with Crippen molar-refractivity contribution < 1.29 is 13.2 Å². The van der Waals surface area contributed by atoms with Gasteiger partial charge in [0.1, 0.15) is 0 Å². The molecule has 3 rings (SSSR count). The molecule has 2 heterocycles. The van der Waals surface area contributed by atoms with Crippen molar-refractivity contribution in [1.82, 2.24) is 19.1 Å². The van der Waals surface area contributed by atoms with Gasteiger partial charge in [0.25, 0.3) is 5.91 Å². The van der Waals surface area contributed by atoms with Crippen LogP contribution in [0, 0.1) is 6.92 Å². The number of nitrogens with zero attached hydrogens (tertiary/aromatic N) is 4. The van der Waals surface area contributed by atoms with Crippen LogP contribution in [0.15, 0.2) is 59.9 Å². The molecule has 0 aliphatic rings. The molecule has 0 atom stereocenters. The fraction of sp³-hybridized carbons (Fsp3) is 0.318. The number of rotatable bonds is 9. The van der Waals surface area contributed by atoms with E-state index in [1.54, 1.807) is 56.2 Å². The largest absolute Gasteiger partial charge is 0.305 e. The van der Waals surface area contributed by atoms with Gasteiger partial charge in [0, 0.05) is 49.9 Å². The Morgan fingerprint density at radius 1 is 1.10 bits per heavy atom. The number of aryl methyl sites for hydroxylation is 3. The normalized spacial score (nSPS) is 11.6. The second-order valence-corrected chi connectivity index (χ2v) is 9.03. The molecule has 3 aromatic rings. The minimum absolute atomic E-state index is 0.106. The van der Waals surface area contributed by atoms with Gasteiger partial charge in [-0.05, 0) is 48.7 Å². The molecule has 1 amide bonds. The summed E-state index contributed by atoms with van der Waals surface area (Å²) >= 11 is 0. The molecule has 9 heteroatoms. The zero-order valence-electron chi connectivity index (χ0n) is 17.9. The lowest BCUT2D eigenvalue weighted by molar-refractivity contribution is 0.102. The van der Waals surface area contributed by atoms with Crippen LogP contribution < -0.4 is 5.32 Å². The van der Waals surface area contributed by atoms with Crippen LogP contribution in [-0.2, 0) is 23.0 Å². The molecule has 31 heavy (non-hydrogen) atoms. The van der Waals surface area contributed by atoms with Gasteiger partial charge < -0.3 is 5.32 Å². The lowest BCUT2D eigenvalue weighted by atomic mass is 10.1. The summed E-state index contributed by atoms with van der Waals surface area (Å²) in [5, 5.41) is 7.15. The maximum absolute atomic E-state index is 12.8. The summed E-state index contributed by atoms with van der Waals surface area (Å²) in [6, 6.07) is 10.2. The van der Waals surface area contributed by atoms with Crippen molar-refractivity contribution in [3.63, 3.8) is 0 Å². The molecule has 164 valence electrons. The molecule has 8 nitrogen and oxygen atoms in total. The van der Waals surface area contributed by atoms with E-state index in [9.17, 15) is 13.2 Å². The van der Waals surface area contributed by atoms with E-state index in [-0.39, 0.29) is 4.90 Å². The van der Waals surface area contributed by atoms with Crippen molar-refractivity contribution >= 4 is 21.7 Å². The van der Waals surface area contributed by atoms with Crippen LogP contribution in [-0.4, -0.2) is 46.5 Å². The van der Waals surface area contributed by atoms with Gasteiger partial charge >= 0.3 is 0 Å². The highest BCUT2D eigenvalue weighted by Gasteiger charge is 2.23. The lowest BCUT2D eigenvalue weighted by Crippen LogP contribution is -2.30. The summed E-state index contributed by atoms with van der Waals surface area (Å²) in [4.78, 5) is 16.9. The summed E-state index contributed by atoms with van der Waals surface area (Å²) in [5.41, 5.74) is 2.14. The Morgan fingerprint density at radius 3 is 2.48 bits per heavy atom. The standard InChI is InChI=1S/C22H27N5O3S/c1-4-27(5-2)31(29,30)19-7-6-17(3)20(16-19)22(28)24-21-11-15-26(25-21)14-10-18-8-12-23-13-9-18/h6-9,11-13,15-16H,4-5,10,14H2,1-3H3,(H,24,25,28). The summed E-state index contributed by atoms with van der Waals surface area (Å²) in [7, 11) is -3.65. The molecule has 0 fully saturated rings. The number of pyridine rings is 1. The van der Waals surface area contributed by atoms with E-state index in [2.05, 4.69) is 15.4 Å². The van der Waals surface area contributed by atoms with E-state index in [0.29, 0.717) is 36.6 Å². The first-order valence-electron chi connectivity index (χ1n) is 10.2. The lowest BCUT2D eigenvalue weighted by Gasteiger charge is -2.19. The highest BCUT2D eigenvalue weighted by Crippen LogP contribution is 2.20. The molecule has 0 spiro atoms. The number of anilines is 1. The maximum Gasteiger partial charge on any atom is 0.257 e. The second kappa shape index (κ2) is 9.84. The molecule has 0 aliphatic heterocycles. The van der Waals surface area contributed by atoms with Crippen LogP contribution in [0.5, 0.6) is 0 Å². The van der Waals surface area contributed by atoms with Gasteiger partial charge in [-0.15, -0.1) is 0 Å². The van der Waals surface area contributed by atoms with Gasteiger partial charge in [0.15, 0.2) is 5.82 Å². The maximum atomic E-state index is 12.8. The van der Waals surface area contributed by atoms with Crippen LogP contribution >= 0.6 is 0 Å². The molecule has 1 N–H and O–H groups in total. The average molecular weight is 442 g/mol. The van der Waals surface area contributed by atoms with Crippen molar-refractivity contribution in [3.05, 3.63) is 71.7 Å². The van der Waals surface area contributed by atoms with Gasteiger partial charge in [-0.25, -0.2) is 8.42 Å². The second-order valence-electron chi connectivity index (χ2n) is 7.09. The molecule has 0 aliphatic carbocycles. The Kier molecular flexibility index (Phi) is 7.19. The predicted octanol–water partition coefficient (Wildman–Crippen LogP) is 3.11. The third-order valence-corrected chi connectivity index (χ3v) is 7.10. The number of benzene rings is 1. The number of amides is 1. The Hall–Kier alpha value is -3.04. The Labute approximate surface area is 183 Å². The zero-order valence-corrected chi connectivity index (χ0v) is 18.8. The molecule has 0 bridgehead atoms. The summed E-state index contributed by atoms with van der Waals surface area (Å²) in [6.07, 6.45) is 6.09. The molecular formula is C22H27N5O3S. The van der Waals surface area contributed by atoms with Crippen LogP contribution in [0.1, 0.15) is 35.3 Å². The number of hydrogen-bond donors (Lipinski definition) is 1. The van der Waals surface area contributed by atoms with Crippen LogP contribution in [0.4, 0.5) is 5.82 Å². The van der Waals surface area contributed by atoms with E-state index in [1.807, 2.05) is 12.1 Å². The van der Waals surface area contributed by atoms with Crippen molar-refractivity contribution in [1.29, 1.82) is 0 Å². The monoisotopic (exact) mass is 441 g/mol. The number of nitrogens with one attached hydrogen (secondary N) is 1. The average Bonchev–Trinajstić information content (AvgIpc) is 3.21. The minimum atomic E-state index is -3.65. The first kappa shape index (κ1) is 22.6. The molecule has 1 aromatic carbocycles. The van der Waals surface area contributed by atoms with Gasteiger partial charge in [0.2, 0.25) is 10.0 Å². The number of aromatic nitrogens is 3. The first-order chi connectivity index (χ1) is 14.8.